The summed E-state index contributed by atoms with van der Waals surface area (Å²) in [6, 6.07) is 4.84. The standard InChI is InChI=1S/C13H23N3OS/c1-11(10-12-6-5-9-18-12)16(2)8-4-3-7-13(14)15-17/h5-6,9,11,17H,3-4,7-8,10H2,1-2H3,(H2,14,15). The first kappa shape index (κ1) is 15.0. The van der Waals surface area contributed by atoms with Gasteiger partial charge in [-0.25, -0.2) is 0 Å². The van der Waals surface area contributed by atoms with E-state index < -0.39 is 0 Å². The molecule has 0 radical (unpaired) electrons. The van der Waals surface area contributed by atoms with Crippen molar-refractivity contribution >= 4 is 17.2 Å². The van der Waals surface area contributed by atoms with Crippen molar-refractivity contribution in [1.82, 2.24) is 4.90 Å². The van der Waals surface area contributed by atoms with E-state index >= 15 is 0 Å². The van der Waals surface area contributed by atoms with Gasteiger partial charge in [-0.05, 0) is 51.2 Å². The second kappa shape index (κ2) is 8.11. The van der Waals surface area contributed by atoms with E-state index in [-0.39, 0.29) is 0 Å². The van der Waals surface area contributed by atoms with Crippen molar-refractivity contribution in [2.24, 2.45) is 10.9 Å². The summed E-state index contributed by atoms with van der Waals surface area (Å²) in [5.41, 5.74) is 5.43. The molecule has 0 aromatic carbocycles. The van der Waals surface area contributed by atoms with Crippen LogP contribution < -0.4 is 5.73 Å². The molecule has 1 aromatic rings. The van der Waals surface area contributed by atoms with Gasteiger partial charge < -0.3 is 15.8 Å². The minimum atomic E-state index is 0.323. The maximum absolute atomic E-state index is 8.43. The van der Waals surface area contributed by atoms with Gasteiger partial charge in [0.05, 0.1) is 0 Å². The number of oxime groups is 1. The Morgan fingerprint density at radius 3 is 2.94 bits per heavy atom. The number of hydrogen-bond donors (Lipinski definition) is 2. The molecule has 0 aliphatic heterocycles. The second-order valence-electron chi connectivity index (χ2n) is 4.66. The summed E-state index contributed by atoms with van der Waals surface area (Å²) in [6.45, 7) is 3.30. The molecule has 3 N–H and O–H groups in total. The average molecular weight is 269 g/mol. The second-order valence-corrected chi connectivity index (χ2v) is 5.69. The molecule has 0 bridgehead atoms. The van der Waals surface area contributed by atoms with Crippen LogP contribution in [-0.2, 0) is 6.42 Å². The smallest absolute Gasteiger partial charge is 0.139 e. The van der Waals surface area contributed by atoms with Gasteiger partial charge in [0.15, 0.2) is 0 Å². The summed E-state index contributed by atoms with van der Waals surface area (Å²) in [4.78, 5) is 3.80. The van der Waals surface area contributed by atoms with E-state index in [1.807, 2.05) is 11.3 Å². The van der Waals surface area contributed by atoms with Crippen LogP contribution in [0.15, 0.2) is 22.7 Å². The number of nitrogens with zero attached hydrogens (tertiary/aromatic N) is 2. The Balaban J connectivity index is 2.17. The van der Waals surface area contributed by atoms with E-state index in [2.05, 4.69) is 41.5 Å². The maximum Gasteiger partial charge on any atom is 0.139 e. The van der Waals surface area contributed by atoms with Crippen molar-refractivity contribution in [3.05, 3.63) is 22.4 Å². The highest BCUT2D eigenvalue weighted by molar-refractivity contribution is 7.09. The zero-order valence-corrected chi connectivity index (χ0v) is 12.0. The quantitative estimate of drug-likeness (QED) is 0.251. The largest absolute Gasteiger partial charge is 0.409 e. The monoisotopic (exact) mass is 269 g/mol. The molecule has 0 aliphatic carbocycles. The summed E-state index contributed by atoms with van der Waals surface area (Å²) in [6.07, 6.45) is 3.81. The molecule has 0 amide bonds. The number of hydrogen-bond acceptors (Lipinski definition) is 4. The van der Waals surface area contributed by atoms with E-state index in [4.69, 9.17) is 10.9 Å². The zero-order valence-electron chi connectivity index (χ0n) is 11.2. The summed E-state index contributed by atoms with van der Waals surface area (Å²) in [7, 11) is 2.15. The molecule has 4 nitrogen and oxygen atoms in total. The predicted molar refractivity (Wildman–Crippen MR) is 77.4 cm³/mol. The molecule has 1 atom stereocenters. The first-order valence-electron chi connectivity index (χ1n) is 6.32. The molecular weight excluding hydrogens is 246 g/mol. The molecule has 18 heavy (non-hydrogen) atoms. The highest BCUT2D eigenvalue weighted by Gasteiger charge is 2.10. The Kier molecular flexibility index (Phi) is 6.75. The average Bonchev–Trinajstić information content (AvgIpc) is 2.86. The molecule has 0 aliphatic rings. The van der Waals surface area contributed by atoms with Crippen LogP contribution in [0.4, 0.5) is 0 Å². The SMILES string of the molecule is CC(Cc1cccs1)N(C)CCCCC(N)=NO. The minimum Gasteiger partial charge on any atom is -0.409 e. The van der Waals surface area contributed by atoms with Gasteiger partial charge >= 0.3 is 0 Å². The fraction of sp³-hybridized carbons (Fsp3) is 0.615. The van der Waals surface area contributed by atoms with Gasteiger partial charge in [-0.3, -0.25) is 0 Å². The van der Waals surface area contributed by atoms with E-state index in [1.165, 1.54) is 4.88 Å². The molecule has 102 valence electrons. The molecule has 1 unspecified atom stereocenters. The van der Waals surface area contributed by atoms with Crippen LogP contribution in [0, 0.1) is 0 Å². The Morgan fingerprint density at radius 1 is 1.56 bits per heavy atom. The predicted octanol–water partition coefficient (Wildman–Crippen LogP) is 2.53. The topological polar surface area (TPSA) is 61.8 Å². The number of nitrogens with two attached hydrogens (primary N) is 1. The zero-order chi connectivity index (χ0) is 13.4. The number of likely N-dealkylation sites (N-methyl/N-ethyl adjacent to an activating group) is 1. The molecule has 0 saturated heterocycles. The normalized spacial score (nSPS) is 14.1. The van der Waals surface area contributed by atoms with Gasteiger partial charge in [-0.2, -0.15) is 0 Å². The lowest BCUT2D eigenvalue weighted by atomic mass is 10.1. The number of thiophene rings is 1. The molecule has 1 rings (SSSR count). The molecule has 0 spiro atoms. The lowest BCUT2D eigenvalue weighted by Crippen LogP contribution is -2.31. The summed E-state index contributed by atoms with van der Waals surface area (Å²) < 4.78 is 0. The summed E-state index contributed by atoms with van der Waals surface area (Å²) in [5.74, 6) is 0.323. The Labute approximate surface area is 113 Å². The van der Waals surface area contributed by atoms with Gasteiger partial charge in [-0.15, -0.1) is 11.3 Å². The lowest BCUT2D eigenvalue weighted by Gasteiger charge is -2.24. The molecule has 1 heterocycles. The van der Waals surface area contributed by atoms with Crippen molar-refractivity contribution in [1.29, 1.82) is 0 Å². The first-order valence-corrected chi connectivity index (χ1v) is 7.20. The van der Waals surface area contributed by atoms with Crippen LogP contribution >= 0.6 is 11.3 Å². The van der Waals surface area contributed by atoms with Gasteiger partial charge in [0, 0.05) is 17.3 Å². The molecule has 5 heteroatoms. The summed E-state index contributed by atoms with van der Waals surface area (Å²) >= 11 is 1.82. The highest BCUT2D eigenvalue weighted by atomic mass is 32.1. The van der Waals surface area contributed by atoms with Crippen LogP contribution in [0.1, 0.15) is 31.1 Å². The van der Waals surface area contributed by atoms with Crippen molar-refractivity contribution in [2.75, 3.05) is 13.6 Å². The Bertz CT molecular complexity index is 351. The van der Waals surface area contributed by atoms with Crippen LogP contribution in [0.3, 0.4) is 0 Å². The van der Waals surface area contributed by atoms with E-state index in [9.17, 15) is 0 Å². The van der Waals surface area contributed by atoms with Crippen molar-refractivity contribution in [3.8, 4) is 0 Å². The third-order valence-corrected chi connectivity index (χ3v) is 4.05. The first-order chi connectivity index (χ1) is 8.63. The minimum absolute atomic E-state index is 0.323. The fourth-order valence-electron chi connectivity index (χ4n) is 1.81. The number of unbranched alkanes of at least 4 members (excludes halogenated alkanes) is 1. The molecule has 0 saturated carbocycles. The molecular formula is C13H23N3OS. The van der Waals surface area contributed by atoms with Crippen molar-refractivity contribution < 1.29 is 5.21 Å². The van der Waals surface area contributed by atoms with Gasteiger partial charge in [0.2, 0.25) is 0 Å². The van der Waals surface area contributed by atoms with Gasteiger partial charge in [-0.1, -0.05) is 11.2 Å². The lowest BCUT2D eigenvalue weighted by molar-refractivity contribution is 0.252. The van der Waals surface area contributed by atoms with Gasteiger partial charge in [0.25, 0.3) is 0 Å². The van der Waals surface area contributed by atoms with Crippen LogP contribution in [0.5, 0.6) is 0 Å². The van der Waals surface area contributed by atoms with Crippen LogP contribution in [0.25, 0.3) is 0 Å². The number of rotatable bonds is 8. The molecule has 1 aromatic heterocycles. The Morgan fingerprint density at radius 2 is 2.33 bits per heavy atom. The van der Waals surface area contributed by atoms with Crippen molar-refractivity contribution in [3.63, 3.8) is 0 Å². The number of amidine groups is 1. The van der Waals surface area contributed by atoms with Crippen LogP contribution in [0.2, 0.25) is 0 Å². The third-order valence-electron chi connectivity index (χ3n) is 3.15. The highest BCUT2D eigenvalue weighted by Crippen LogP contribution is 2.13. The summed E-state index contributed by atoms with van der Waals surface area (Å²) in [5, 5.41) is 13.5. The third kappa shape index (κ3) is 5.51. The van der Waals surface area contributed by atoms with E-state index in [1.54, 1.807) is 0 Å². The maximum atomic E-state index is 8.43. The molecule has 0 fully saturated rings. The van der Waals surface area contributed by atoms with Crippen LogP contribution in [-0.4, -0.2) is 35.6 Å². The van der Waals surface area contributed by atoms with Gasteiger partial charge in [0.1, 0.15) is 5.84 Å². The Hall–Kier alpha value is -1.07. The van der Waals surface area contributed by atoms with Crippen molar-refractivity contribution in [2.45, 2.75) is 38.6 Å². The van der Waals surface area contributed by atoms with E-state index in [0.717, 1.165) is 25.8 Å². The fourth-order valence-corrected chi connectivity index (χ4v) is 2.64. The van der Waals surface area contributed by atoms with E-state index in [0.29, 0.717) is 18.3 Å².